The molecular weight excluding hydrogens is 367 g/mol. The van der Waals surface area contributed by atoms with Gasteiger partial charge in [-0.1, -0.05) is 31.7 Å². The summed E-state index contributed by atoms with van der Waals surface area (Å²) in [6.07, 6.45) is 6.07. The van der Waals surface area contributed by atoms with E-state index in [1.54, 1.807) is 6.07 Å². The second-order valence-electron chi connectivity index (χ2n) is 6.80. The minimum Gasteiger partial charge on any atom is -0.322 e. The quantitative estimate of drug-likeness (QED) is 0.756. The summed E-state index contributed by atoms with van der Waals surface area (Å²) in [7, 11) is -3.61. The van der Waals surface area contributed by atoms with E-state index in [0.29, 0.717) is 11.3 Å². The molecule has 0 bridgehead atoms. The average Bonchev–Trinajstić information content (AvgIpc) is 2.90. The van der Waals surface area contributed by atoms with Crippen LogP contribution in [0.5, 0.6) is 0 Å². The van der Waals surface area contributed by atoms with E-state index in [9.17, 15) is 17.6 Å². The lowest BCUT2D eigenvalue weighted by atomic mass is 10.1. The Hall–Kier alpha value is -2.25. The summed E-state index contributed by atoms with van der Waals surface area (Å²) in [4.78, 5) is 12.4. The molecule has 1 aliphatic rings. The molecule has 0 atom stereocenters. The van der Waals surface area contributed by atoms with Crippen molar-refractivity contribution in [3.8, 4) is 0 Å². The number of carbonyl (C=O) groups is 1. The molecule has 2 aromatic rings. The molecule has 1 fully saturated rings. The molecule has 0 spiro atoms. The molecule has 1 amide bonds. The monoisotopic (exact) mass is 390 g/mol. The number of carbonyl (C=O) groups excluding carboxylic acids is 1. The first kappa shape index (κ1) is 19.5. The SMILES string of the molecule is O=C(Nc1cccc(F)c1)c1ccc(S(=O)(=O)NC2CCCCCC2)cc1. The molecule has 144 valence electrons. The van der Waals surface area contributed by atoms with Gasteiger partial charge in [0.1, 0.15) is 5.82 Å². The van der Waals surface area contributed by atoms with Gasteiger partial charge in [-0.15, -0.1) is 0 Å². The lowest BCUT2D eigenvalue weighted by molar-refractivity contribution is 0.102. The lowest BCUT2D eigenvalue weighted by Crippen LogP contribution is -2.34. The Morgan fingerprint density at radius 2 is 1.63 bits per heavy atom. The fourth-order valence-corrected chi connectivity index (χ4v) is 4.54. The molecule has 7 heteroatoms. The van der Waals surface area contributed by atoms with E-state index >= 15 is 0 Å². The van der Waals surface area contributed by atoms with E-state index in [4.69, 9.17) is 0 Å². The van der Waals surface area contributed by atoms with E-state index in [1.165, 1.54) is 42.5 Å². The van der Waals surface area contributed by atoms with Crippen LogP contribution in [0.1, 0.15) is 48.9 Å². The fourth-order valence-electron chi connectivity index (χ4n) is 3.24. The summed E-state index contributed by atoms with van der Waals surface area (Å²) in [5.41, 5.74) is 0.638. The zero-order chi connectivity index (χ0) is 19.3. The summed E-state index contributed by atoms with van der Waals surface area (Å²) in [5.74, 6) is -0.875. The smallest absolute Gasteiger partial charge is 0.255 e. The van der Waals surface area contributed by atoms with Crippen LogP contribution in [-0.4, -0.2) is 20.4 Å². The minimum atomic E-state index is -3.61. The Balaban J connectivity index is 1.67. The molecular formula is C20H23FN2O3S. The Labute approximate surface area is 159 Å². The Morgan fingerprint density at radius 1 is 0.963 bits per heavy atom. The molecule has 3 rings (SSSR count). The first-order valence-corrected chi connectivity index (χ1v) is 10.6. The standard InChI is InChI=1S/C20H23FN2O3S/c21-16-6-5-9-18(14-16)22-20(24)15-10-12-19(13-11-15)27(25,26)23-17-7-3-1-2-4-8-17/h5-6,9-14,17,23H,1-4,7-8H2,(H,22,24). The largest absolute Gasteiger partial charge is 0.322 e. The van der Waals surface area contributed by atoms with Crippen LogP contribution in [-0.2, 0) is 10.0 Å². The van der Waals surface area contributed by atoms with Gasteiger partial charge in [-0.3, -0.25) is 4.79 Å². The summed E-state index contributed by atoms with van der Waals surface area (Å²) < 4.78 is 41.1. The first-order valence-electron chi connectivity index (χ1n) is 9.13. The number of hydrogen-bond acceptors (Lipinski definition) is 3. The second-order valence-corrected chi connectivity index (χ2v) is 8.51. The van der Waals surface area contributed by atoms with Crippen molar-refractivity contribution >= 4 is 21.6 Å². The van der Waals surface area contributed by atoms with Gasteiger partial charge in [0, 0.05) is 17.3 Å². The summed E-state index contributed by atoms with van der Waals surface area (Å²) in [6, 6.07) is 11.3. The number of benzene rings is 2. The van der Waals surface area contributed by atoms with Gasteiger partial charge in [0.05, 0.1) is 4.90 Å². The van der Waals surface area contributed by atoms with E-state index in [-0.39, 0.29) is 10.9 Å². The van der Waals surface area contributed by atoms with Crippen molar-refractivity contribution in [2.75, 3.05) is 5.32 Å². The normalized spacial score (nSPS) is 15.9. The Bertz CT molecular complexity index is 890. The topological polar surface area (TPSA) is 75.3 Å². The molecule has 27 heavy (non-hydrogen) atoms. The van der Waals surface area contributed by atoms with Crippen LogP contribution < -0.4 is 10.0 Å². The first-order chi connectivity index (χ1) is 12.9. The van der Waals surface area contributed by atoms with Gasteiger partial charge in [-0.25, -0.2) is 17.5 Å². The van der Waals surface area contributed by atoms with Gasteiger partial charge < -0.3 is 5.32 Å². The molecule has 0 unspecified atom stereocenters. The van der Waals surface area contributed by atoms with E-state index in [0.717, 1.165) is 38.5 Å². The molecule has 1 aliphatic carbocycles. The van der Waals surface area contributed by atoms with Crippen molar-refractivity contribution in [1.29, 1.82) is 0 Å². The molecule has 0 radical (unpaired) electrons. The maximum absolute atomic E-state index is 13.2. The maximum Gasteiger partial charge on any atom is 0.255 e. The number of sulfonamides is 1. The molecule has 0 saturated heterocycles. The van der Waals surface area contributed by atoms with Crippen LogP contribution >= 0.6 is 0 Å². The van der Waals surface area contributed by atoms with Crippen LogP contribution in [0, 0.1) is 5.82 Å². The number of hydrogen-bond donors (Lipinski definition) is 2. The van der Waals surface area contributed by atoms with Crippen LogP contribution in [0.25, 0.3) is 0 Å². The summed E-state index contributed by atoms with van der Waals surface area (Å²) in [6.45, 7) is 0. The van der Waals surface area contributed by atoms with Gasteiger partial charge in [-0.05, 0) is 55.3 Å². The van der Waals surface area contributed by atoms with Crippen molar-refractivity contribution in [2.45, 2.75) is 49.5 Å². The highest BCUT2D eigenvalue weighted by Gasteiger charge is 2.21. The molecule has 0 heterocycles. The maximum atomic E-state index is 13.2. The highest BCUT2D eigenvalue weighted by atomic mass is 32.2. The zero-order valence-electron chi connectivity index (χ0n) is 14.9. The molecule has 1 saturated carbocycles. The van der Waals surface area contributed by atoms with Gasteiger partial charge >= 0.3 is 0 Å². The lowest BCUT2D eigenvalue weighted by Gasteiger charge is -2.16. The summed E-state index contributed by atoms with van der Waals surface area (Å²) in [5, 5.41) is 2.59. The van der Waals surface area contributed by atoms with Crippen molar-refractivity contribution < 1.29 is 17.6 Å². The number of halogens is 1. The Morgan fingerprint density at radius 3 is 2.26 bits per heavy atom. The number of amides is 1. The second kappa shape index (κ2) is 8.63. The van der Waals surface area contributed by atoms with Gasteiger partial charge in [0.25, 0.3) is 5.91 Å². The third-order valence-electron chi connectivity index (χ3n) is 4.69. The van der Waals surface area contributed by atoms with Gasteiger partial charge in [0.15, 0.2) is 0 Å². The molecule has 5 nitrogen and oxygen atoms in total. The van der Waals surface area contributed by atoms with Crippen molar-refractivity contribution in [3.63, 3.8) is 0 Å². The van der Waals surface area contributed by atoms with Gasteiger partial charge in [-0.2, -0.15) is 0 Å². The predicted octanol–water partition coefficient (Wildman–Crippen LogP) is 4.08. The average molecular weight is 390 g/mol. The molecule has 2 N–H and O–H groups in total. The van der Waals surface area contributed by atoms with E-state index in [1.807, 2.05) is 0 Å². The fraction of sp³-hybridized carbons (Fsp3) is 0.350. The number of rotatable bonds is 5. The minimum absolute atomic E-state index is 0.0338. The van der Waals surface area contributed by atoms with E-state index in [2.05, 4.69) is 10.0 Å². The molecule has 0 aliphatic heterocycles. The molecule has 0 aromatic heterocycles. The third-order valence-corrected chi connectivity index (χ3v) is 6.22. The van der Waals surface area contributed by atoms with Crippen LogP contribution in [0.2, 0.25) is 0 Å². The number of anilines is 1. The summed E-state index contributed by atoms with van der Waals surface area (Å²) >= 11 is 0. The highest BCUT2D eigenvalue weighted by Crippen LogP contribution is 2.20. The third kappa shape index (κ3) is 5.37. The molecule has 2 aromatic carbocycles. The Kier molecular flexibility index (Phi) is 6.23. The van der Waals surface area contributed by atoms with Crippen molar-refractivity contribution in [1.82, 2.24) is 4.72 Å². The zero-order valence-corrected chi connectivity index (χ0v) is 15.8. The van der Waals surface area contributed by atoms with Crippen molar-refractivity contribution in [2.24, 2.45) is 0 Å². The van der Waals surface area contributed by atoms with Crippen LogP contribution in [0.4, 0.5) is 10.1 Å². The van der Waals surface area contributed by atoms with Crippen LogP contribution in [0.15, 0.2) is 53.4 Å². The van der Waals surface area contributed by atoms with Crippen LogP contribution in [0.3, 0.4) is 0 Å². The number of nitrogens with one attached hydrogen (secondary N) is 2. The highest BCUT2D eigenvalue weighted by molar-refractivity contribution is 7.89. The van der Waals surface area contributed by atoms with Crippen molar-refractivity contribution in [3.05, 3.63) is 59.9 Å². The van der Waals surface area contributed by atoms with E-state index < -0.39 is 21.7 Å². The predicted molar refractivity (Wildman–Crippen MR) is 103 cm³/mol. The van der Waals surface area contributed by atoms with Gasteiger partial charge in [0.2, 0.25) is 10.0 Å².